The van der Waals surface area contributed by atoms with Gasteiger partial charge < -0.3 is 15.2 Å². The first-order chi connectivity index (χ1) is 8.85. The molecule has 2 N–H and O–H groups in total. The van der Waals surface area contributed by atoms with E-state index in [2.05, 4.69) is 11.0 Å². The lowest BCUT2D eigenvalue weighted by Crippen LogP contribution is -2.32. The molecule has 0 heterocycles. The molecule has 0 amide bonds. The Morgan fingerprint density at radius 1 is 0.833 bits per heavy atom. The molecule has 0 aromatic carbocycles. The molecule has 0 saturated heterocycles. The summed E-state index contributed by atoms with van der Waals surface area (Å²) in [5.74, 6) is 0. The van der Waals surface area contributed by atoms with E-state index in [-0.39, 0.29) is 0 Å². The van der Waals surface area contributed by atoms with E-state index in [1.165, 1.54) is 0 Å². The van der Waals surface area contributed by atoms with Crippen molar-refractivity contribution in [3.05, 3.63) is 0 Å². The van der Waals surface area contributed by atoms with Crippen molar-refractivity contribution in [2.24, 2.45) is 5.73 Å². The Morgan fingerprint density at radius 3 is 2.00 bits per heavy atom. The van der Waals surface area contributed by atoms with Gasteiger partial charge in [-0.1, -0.05) is 0 Å². The molecule has 18 heavy (non-hydrogen) atoms. The lowest BCUT2D eigenvalue weighted by atomic mass is 10.4. The molecule has 6 heteroatoms. The number of hydrogen-bond acceptors (Lipinski definition) is 6. The second-order valence-corrected chi connectivity index (χ2v) is 3.67. The van der Waals surface area contributed by atoms with Crippen molar-refractivity contribution in [3.8, 4) is 12.1 Å². The van der Waals surface area contributed by atoms with Gasteiger partial charge in [-0.3, -0.25) is 4.90 Å². The third kappa shape index (κ3) is 11.3. The maximum absolute atomic E-state index is 8.57. The maximum atomic E-state index is 8.57. The third-order valence-electron chi connectivity index (χ3n) is 2.26. The minimum atomic E-state index is 0.414. The van der Waals surface area contributed by atoms with E-state index < -0.39 is 0 Å². The molecule has 0 saturated carbocycles. The number of nitrogens with zero attached hydrogens (tertiary/aromatic N) is 3. The zero-order valence-electron chi connectivity index (χ0n) is 10.8. The van der Waals surface area contributed by atoms with Crippen molar-refractivity contribution >= 4 is 0 Å². The Bertz CT molecular complexity index is 260. The summed E-state index contributed by atoms with van der Waals surface area (Å²) in [6.45, 7) is 4.96. The summed E-state index contributed by atoms with van der Waals surface area (Å²) in [5.41, 5.74) is 5.32. The van der Waals surface area contributed by atoms with Crippen molar-refractivity contribution in [1.29, 1.82) is 10.5 Å². The van der Waals surface area contributed by atoms with Crippen molar-refractivity contribution in [2.75, 3.05) is 52.6 Å². The first kappa shape index (κ1) is 16.8. The summed E-state index contributed by atoms with van der Waals surface area (Å²) in [6, 6.07) is 4.15. The van der Waals surface area contributed by atoms with Crippen LogP contribution < -0.4 is 5.73 Å². The summed E-state index contributed by atoms with van der Waals surface area (Å²) in [5, 5.41) is 16.9. The molecule has 0 radical (unpaired) electrons. The molecule has 0 aromatic rings. The zero-order valence-corrected chi connectivity index (χ0v) is 10.8. The summed E-state index contributed by atoms with van der Waals surface area (Å²) in [4.78, 5) is 2.12. The van der Waals surface area contributed by atoms with Gasteiger partial charge in [-0.15, -0.1) is 0 Å². The smallest absolute Gasteiger partial charge is 0.0645 e. The fraction of sp³-hybridized carbons (Fsp3) is 0.833. The number of nitrogens with two attached hydrogens (primary N) is 1. The Kier molecular flexibility index (Phi) is 13.0. The van der Waals surface area contributed by atoms with Gasteiger partial charge in [0.15, 0.2) is 0 Å². The van der Waals surface area contributed by atoms with Crippen LogP contribution in [0.3, 0.4) is 0 Å². The fourth-order valence-electron chi connectivity index (χ4n) is 1.34. The fourth-order valence-corrected chi connectivity index (χ4v) is 1.34. The predicted octanol–water partition coefficient (Wildman–Crippen LogP) is 0.108. The SMILES string of the molecule is N#CCCOCCN(CCC#N)CCOCCN. The van der Waals surface area contributed by atoms with E-state index in [4.69, 9.17) is 25.7 Å². The Balaban J connectivity index is 3.64. The maximum Gasteiger partial charge on any atom is 0.0645 e. The summed E-state index contributed by atoms with van der Waals surface area (Å²) >= 11 is 0. The molecular formula is C12H22N4O2. The highest BCUT2D eigenvalue weighted by Gasteiger charge is 2.04. The van der Waals surface area contributed by atoms with Crippen molar-refractivity contribution in [1.82, 2.24) is 4.90 Å². The lowest BCUT2D eigenvalue weighted by Gasteiger charge is -2.20. The van der Waals surface area contributed by atoms with Crippen LogP contribution in [0.15, 0.2) is 0 Å². The summed E-state index contributed by atoms with van der Waals surface area (Å²) in [6.07, 6.45) is 0.910. The van der Waals surface area contributed by atoms with Gasteiger partial charge in [0.2, 0.25) is 0 Å². The van der Waals surface area contributed by atoms with Gasteiger partial charge in [0.25, 0.3) is 0 Å². The number of ether oxygens (including phenoxy) is 2. The highest BCUT2D eigenvalue weighted by atomic mass is 16.5. The number of rotatable bonds is 12. The second kappa shape index (κ2) is 13.9. The van der Waals surface area contributed by atoms with Gasteiger partial charge in [0.05, 0.1) is 45.0 Å². The molecule has 0 aliphatic carbocycles. The molecule has 0 aromatic heterocycles. The van der Waals surface area contributed by atoms with E-state index in [0.717, 1.165) is 13.1 Å². The number of hydrogen-bond donors (Lipinski definition) is 1. The van der Waals surface area contributed by atoms with Gasteiger partial charge in [0.1, 0.15) is 0 Å². The Hall–Kier alpha value is -1.18. The minimum absolute atomic E-state index is 0.414. The summed E-state index contributed by atoms with van der Waals surface area (Å²) < 4.78 is 10.6. The van der Waals surface area contributed by atoms with Gasteiger partial charge in [-0.05, 0) is 0 Å². The molecule has 0 fully saturated rings. The summed E-state index contributed by atoms with van der Waals surface area (Å²) in [7, 11) is 0. The molecule has 0 rings (SSSR count). The molecule has 0 unspecified atom stereocenters. The molecule has 0 spiro atoms. The minimum Gasteiger partial charge on any atom is -0.379 e. The molecule has 0 atom stereocenters. The van der Waals surface area contributed by atoms with E-state index in [9.17, 15) is 0 Å². The van der Waals surface area contributed by atoms with Crippen LogP contribution in [0, 0.1) is 22.7 Å². The van der Waals surface area contributed by atoms with E-state index in [0.29, 0.717) is 52.4 Å². The van der Waals surface area contributed by atoms with Crippen LogP contribution in [-0.4, -0.2) is 57.5 Å². The quantitative estimate of drug-likeness (QED) is 0.497. The largest absolute Gasteiger partial charge is 0.379 e. The van der Waals surface area contributed by atoms with Crippen LogP contribution in [0.4, 0.5) is 0 Å². The first-order valence-electron chi connectivity index (χ1n) is 6.17. The topological polar surface area (TPSA) is 95.3 Å². The average Bonchev–Trinajstić information content (AvgIpc) is 2.39. The van der Waals surface area contributed by atoms with Crippen molar-refractivity contribution < 1.29 is 9.47 Å². The first-order valence-corrected chi connectivity index (χ1v) is 6.17. The second-order valence-electron chi connectivity index (χ2n) is 3.67. The van der Waals surface area contributed by atoms with Crippen LogP contribution in [-0.2, 0) is 9.47 Å². The number of nitriles is 2. The van der Waals surface area contributed by atoms with Crippen molar-refractivity contribution in [2.45, 2.75) is 12.8 Å². The van der Waals surface area contributed by atoms with Crippen molar-refractivity contribution in [3.63, 3.8) is 0 Å². The molecule has 0 aliphatic rings. The molecular weight excluding hydrogens is 232 g/mol. The molecule has 0 bridgehead atoms. The predicted molar refractivity (Wildman–Crippen MR) is 67.6 cm³/mol. The van der Waals surface area contributed by atoms with Crippen LogP contribution >= 0.6 is 0 Å². The van der Waals surface area contributed by atoms with Crippen LogP contribution in [0.1, 0.15) is 12.8 Å². The highest BCUT2D eigenvalue weighted by Crippen LogP contribution is 1.93. The van der Waals surface area contributed by atoms with E-state index >= 15 is 0 Å². The van der Waals surface area contributed by atoms with Crippen LogP contribution in [0.25, 0.3) is 0 Å². The van der Waals surface area contributed by atoms with Gasteiger partial charge in [-0.25, -0.2) is 0 Å². The van der Waals surface area contributed by atoms with Gasteiger partial charge >= 0.3 is 0 Å². The molecule has 102 valence electrons. The van der Waals surface area contributed by atoms with Crippen LogP contribution in [0.2, 0.25) is 0 Å². The third-order valence-corrected chi connectivity index (χ3v) is 2.26. The van der Waals surface area contributed by atoms with E-state index in [1.54, 1.807) is 0 Å². The normalized spacial score (nSPS) is 10.2. The Labute approximate surface area is 109 Å². The highest BCUT2D eigenvalue weighted by molar-refractivity contribution is 4.72. The molecule has 0 aliphatic heterocycles. The van der Waals surface area contributed by atoms with E-state index in [1.807, 2.05) is 6.07 Å². The van der Waals surface area contributed by atoms with Gasteiger partial charge in [-0.2, -0.15) is 10.5 Å². The molecule has 6 nitrogen and oxygen atoms in total. The lowest BCUT2D eigenvalue weighted by molar-refractivity contribution is 0.0794. The van der Waals surface area contributed by atoms with Gasteiger partial charge in [0, 0.05) is 32.6 Å². The zero-order chi connectivity index (χ0) is 13.5. The standard InChI is InChI=1S/C12H22N4O2/c13-3-1-6-16(8-12-18-10-5-15)7-11-17-9-2-4-14/h1-2,5-12,15H2. The van der Waals surface area contributed by atoms with Crippen LogP contribution in [0.5, 0.6) is 0 Å². The average molecular weight is 254 g/mol. The Morgan fingerprint density at radius 2 is 1.44 bits per heavy atom. The monoisotopic (exact) mass is 254 g/mol.